The molecule has 0 radical (unpaired) electrons. The topological polar surface area (TPSA) is 12.5 Å². The van der Waals surface area contributed by atoms with Crippen molar-refractivity contribution in [2.45, 2.75) is 45.3 Å². The molecule has 2 nitrogen and oxygen atoms in total. The molecular formula is C21H26F3NO. The maximum absolute atomic E-state index is 12.7. The van der Waals surface area contributed by atoms with Crippen LogP contribution in [0.2, 0.25) is 0 Å². The summed E-state index contributed by atoms with van der Waals surface area (Å²) in [6, 6.07) is 13.2. The van der Waals surface area contributed by atoms with Crippen LogP contribution in [-0.2, 0) is 12.7 Å². The van der Waals surface area contributed by atoms with Crippen molar-refractivity contribution in [2.75, 3.05) is 18.6 Å². The molecule has 0 spiro atoms. The zero-order valence-corrected chi connectivity index (χ0v) is 15.4. The van der Waals surface area contributed by atoms with Gasteiger partial charge in [-0.1, -0.05) is 38.3 Å². The zero-order chi connectivity index (χ0) is 19.0. The first-order valence-electron chi connectivity index (χ1n) is 8.99. The monoisotopic (exact) mass is 365 g/mol. The van der Waals surface area contributed by atoms with Crippen LogP contribution >= 0.6 is 0 Å². The second-order valence-corrected chi connectivity index (χ2v) is 6.37. The highest BCUT2D eigenvalue weighted by Gasteiger charge is 2.29. The lowest BCUT2D eigenvalue weighted by Gasteiger charge is -2.25. The third-order valence-corrected chi connectivity index (χ3v) is 4.37. The molecule has 0 aliphatic rings. The van der Waals surface area contributed by atoms with Crippen LogP contribution in [0, 0.1) is 0 Å². The van der Waals surface area contributed by atoms with Gasteiger partial charge in [0.25, 0.3) is 0 Å². The van der Waals surface area contributed by atoms with Crippen molar-refractivity contribution in [1.82, 2.24) is 0 Å². The lowest BCUT2D eigenvalue weighted by molar-refractivity contribution is -0.137. The summed E-state index contributed by atoms with van der Waals surface area (Å²) in [5.41, 5.74) is 1.30. The van der Waals surface area contributed by atoms with Gasteiger partial charge < -0.3 is 9.64 Å². The number of rotatable bonds is 9. The average Bonchev–Trinajstić information content (AvgIpc) is 2.64. The van der Waals surface area contributed by atoms with E-state index in [2.05, 4.69) is 11.8 Å². The predicted molar refractivity (Wildman–Crippen MR) is 99.6 cm³/mol. The fourth-order valence-electron chi connectivity index (χ4n) is 2.84. The second-order valence-electron chi connectivity index (χ2n) is 6.37. The lowest BCUT2D eigenvalue weighted by Crippen LogP contribution is -2.24. The van der Waals surface area contributed by atoms with Gasteiger partial charge in [0.15, 0.2) is 0 Å². The molecule has 0 heterocycles. The summed E-state index contributed by atoms with van der Waals surface area (Å²) in [6.07, 6.45) is 0.267. The van der Waals surface area contributed by atoms with Crippen LogP contribution in [0.3, 0.4) is 0 Å². The van der Waals surface area contributed by atoms with E-state index >= 15 is 0 Å². The van der Waals surface area contributed by atoms with Crippen LogP contribution in [0.5, 0.6) is 5.75 Å². The molecule has 26 heavy (non-hydrogen) atoms. The number of hydrogen-bond donors (Lipinski definition) is 0. The molecule has 0 unspecified atom stereocenters. The molecule has 2 aromatic carbocycles. The van der Waals surface area contributed by atoms with Crippen LogP contribution in [-0.4, -0.2) is 13.7 Å². The maximum atomic E-state index is 12.7. The Bertz CT molecular complexity index is 650. The van der Waals surface area contributed by atoms with Gasteiger partial charge >= 0.3 is 6.18 Å². The molecule has 0 saturated carbocycles. The first-order valence-corrected chi connectivity index (χ1v) is 8.99. The predicted octanol–water partition coefficient (Wildman–Crippen LogP) is 6.30. The Labute approximate surface area is 153 Å². The van der Waals surface area contributed by atoms with Crippen LogP contribution < -0.4 is 9.64 Å². The normalized spacial score (nSPS) is 11.4. The number of alkyl halides is 3. The van der Waals surface area contributed by atoms with Crippen molar-refractivity contribution in [3.63, 3.8) is 0 Å². The first-order chi connectivity index (χ1) is 12.4. The summed E-state index contributed by atoms with van der Waals surface area (Å²) in [5, 5.41) is 0. The molecule has 0 amide bonds. The van der Waals surface area contributed by atoms with Crippen molar-refractivity contribution < 1.29 is 17.9 Å². The molecule has 0 saturated heterocycles. The van der Waals surface area contributed by atoms with Gasteiger partial charge in [-0.25, -0.2) is 0 Å². The Morgan fingerprint density at radius 1 is 0.885 bits per heavy atom. The molecular weight excluding hydrogens is 339 g/mol. The van der Waals surface area contributed by atoms with Gasteiger partial charge in [-0.2, -0.15) is 13.2 Å². The van der Waals surface area contributed by atoms with Crippen molar-refractivity contribution >= 4 is 5.69 Å². The molecule has 2 rings (SSSR count). The second kappa shape index (κ2) is 9.51. The third-order valence-electron chi connectivity index (χ3n) is 4.37. The van der Waals surface area contributed by atoms with E-state index in [1.165, 1.54) is 12.8 Å². The minimum Gasteiger partial charge on any atom is -0.497 e. The van der Waals surface area contributed by atoms with E-state index in [0.29, 0.717) is 6.54 Å². The van der Waals surface area contributed by atoms with Gasteiger partial charge in [0, 0.05) is 18.8 Å². The number of hydrogen-bond acceptors (Lipinski definition) is 2. The Balaban J connectivity index is 2.11. The zero-order valence-electron chi connectivity index (χ0n) is 15.4. The molecule has 0 fully saturated rings. The van der Waals surface area contributed by atoms with E-state index in [4.69, 9.17) is 4.74 Å². The summed E-state index contributed by atoms with van der Waals surface area (Å²) in [4.78, 5) is 2.21. The van der Waals surface area contributed by atoms with Crippen molar-refractivity contribution in [3.8, 4) is 5.75 Å². The highest BCUT2D eigenvalue weighted by molar-refractivity contribution is 5.49. The minimum absolute atomic E-state index is 0.580. The van der Waals surface area contributed by atoms with Crippen LogP contribution in [0.15, 0.2) is 48.5 Å². The van der Waals surface area contributed by atoms with Crippen LogP contribution in [0.25, 0.3) is 0 Å². The molecule has 0 aromatic heterocycles. The van der Waals surface area contributed by atoms with Gasteiger partial charge in [-0.15, -0.1) is 0 Å². The highest BCUT2D eigenvalue weighted by atomic mass is 19.4. The lowest BCUT2D eigenvalue weighted by atomic mass is 10.1. The summed E-state index contributed by atoms with van der Waals surface area (Å²) < 4.78 is 43.4. The van der Waals surface area contributed by atoms with E-state index in [9.17, 15) is 13.2 Å². The number of halogens is 3. The van der Waals surface area contributed by atoms with Gasteiger partial charge in [-0.05, 0) is 48.4 Å². The smallest absolute Gasteiger partial charge is 0.416 e. The molecule has 0 N–H and O–H groups in total. The summed E-state index contributed by atoms with van der Waals surface area (Å²) in [5.74, 6) is 0.786. The van der Waals surface area contributed by atoms with Gasteiger partial charge in [0.1, 0.15) is 5.75 Å². The van der Waals surface area contributed by atoms with E-state index in [0.717, 1.165) is 48.5 Å². The number of methoxy groups -OCH3 is 1. The van der Waals surface area contributed by atoms with E-state index in [-0.39, 0.29) is 0 Å². The van der Waals surface area contributed by atoms with E-state index in [1.54, 1.807) is 19.2 Å². The summed E-state index contributed by atoms with van der Waals surface area (Å²) in [7, 11) is 1.62. The van der Waals surface area contributed by atoms with Crippen LogP contribution in [0.1, 0.15) is 43.7 Å². The van der Waals surface area contributed by atoms with E-state index < -0.39 is 11.7 Å². The SMILES string of the molecule is CCCCCCN(Cc1ccc(C(F)(F)F)cc1)c1ccc(OC)cc1. The van der Waals surface area contributed by atoms with Crippen molar-refractivity contribution in [2.24, 2.45) is 0 Å². The fourth-order valence-corrected chi connectivity index (χ4v) is 2.84. The van der Waals surface area contributed by atoms with Gasteiger partial charge in [0.2, 0.25) is 0 Å². The summed E-state index contributed by atoms with van der Waals surface area (Å²) >= 11 is 0. The number of unbranched alkanes of at least 4 members (excludes halogenated alkanes) is 3. The van der Waals surface area contributed by atoms with Crippen molar-refractivity contribution in [1.29, 1.82) is 0 Å². The Morgan fingerprint density at radius 3 is 2.08 bits per heavy atom. The maximum Gasteiger partial charge on any atom is 0.416 e. The fraction of sp³-hybridized carbons (Fsp3) is 0.429. The third kappa shape index (κ3) is 5.97. The Hall–Kier alpha value is -2.17. The molecule has 5 heteroatoms. The number of nitrogens with zero attached hydrogens (tertiary/aromatic N) is 1. The number of benzene rings is 2. The highest BCUT2D eigenvalue weighted by Crippen LogP contribution is 2.29. The quantitative estimate of drug-likeness (QED) is 0.483. The van der Waals surface area contributed by atoms with Crippen LogP contribution in [0.4, 0.5) is 18.9 Å². The number of ether oxygens (including phenoxy) is 1. The minimum atomic E-state index is -4.30. The molecule has 0 atom stereocenters. The summed E-state index contributed by atoms with van der Waals surface area (Å²) in [6.45, 7) is 3.62. The molecule has 2 aromatic rings. The standard InChI is InChI=1S/C21H26F3NO/c1-3-4-5-6-15-25(19-11-13-20(26-2)14-12-19)16-17-7-9-18(10-8-17)21(22,23)24/h7-14H,3-6,15-16H2,1-2H3. The van der Waals surface area contributed by atoms with Gasteiger partial charge in [0.05, 0.1) is 12.7 Å². The Kier molecular flexibility index (Phi) is 7.37. The number of anilines is 1. The molecule has 0 aliphatic heterocycles. The van der Waals surface area contributed by atoms with E-state index in [1.807, 2.05) is 24.3 Å². The molecule has 0 aliphatic carbocycles. The largest absolute Gasteiger partial charge is 0.497 e. The average molecular weight is 365 g/mol. The molecule has 142 valence electrons. The Morgan fingerprint density at radius 2 is 1.54 bits per heavy atom. The van der Waals surface area contributed by atoms with Crippen molar-refractivity contribution in [3.05, 3.63) is 59.7 Å². The molecule has 0 bridgehead atoms. The first kappa shape index (κ1) is 20.1. The van der Waals surface area contributed by atoms with Gasteiger partial charge in [-0.3, -0.25) is 0 Å².